The summed E-state index contributed by atoms with van der Waals surface area (Å²) in [5, 5.41) is 4.17. The lowest BCUT2D eigenvalue weighted by Gasteiger charge is -2.27. The van der Waals surface area contributed by atoms with Gasteiger partial charge in [-0.15, -0.1) is 0 Å². The number of carbonyl (C=O) groups excluding carboxylic acids is 3. The van der Waals surface area contributed by atoms with Crippen molar-refractivity contribution in [1.82, 2.24) is 20.0 Å². The van der Waals surface area contributed by atoms with Gasteiger partial charge in [0.25, 0.3) is 5.91 Å². The highest BCUT2D eigenvalue weighted by Crippen LogP contribution is 2.42. The SMILES string of the molecule is Cc1cc(OCc2c(F)ccc(C3CC3)c2F)c2nc(C)c(C(=O)NCC(C)(CF)NC(=O)OC(=O)C(F)(F)F)n2c1. The molecular weight excluding hydrogens is 574 g/mol. The first-order valence-electron chi connectivity index (χ1n) is 12.7. The summed E-state index contributed by atoms with van der Waals surface area (Å²) in [6.07, 6.45) is -4.12. The maximum Gasteiger partial charge on any atom is 0.491 e. The standard InChI is InChI=1S/C27H26F6N4O5/c1-13-8-19(41-10-17-18(29)7-6-16(20(17)30)15-4-5-15)22-35-14(2)21(37(22)9-13)23(38)34-12-26(3,11-28)36-25(40)42-24(39)27(31,32)33/h6-9,15H,4-5,10-12H2,1-3H3,(H,34,38)(H,36,40). The molecule has 226 valence electrons. The number of aryl methyl sites for hydroxylation is 2. The van der Waals surface area contributed by atoms with Crippen molar-refractivity contribution in [2.24, 2.45) is 0 Å². The summed E-state index contributed by atoms with van der Waals surface area (Å²) in [5.41, 5.74) is -0.861. The third kappa shape index (κ3) is 6.60. The molecule has 0 radical (unpaired) electrons. The molecule has 2 N–H and O–H groups in total. The smallest absolute Gasteiger partial charge is 0.485 e. The molecule has 4 rings (SSSR count). The van der Waals surface area contributed by atoms with Gasteiger partial charge in [-0.2, -0.15) is 13.2 Å². The number of imidazole rings is 1. The zero-order chi connectivity index (χ0) is 31.0. The summed E-state index contributed by atoms with van der Waals surface area (Å²) in [5.74, 6) is -4.85. The Balaban J connectivity index is 1.51. The first-order chi connectivity index (χ1) is 19.6. The van der Waals surface area contributed by atoms with Gasteiger partial charge in [-0.25, -0.2) is 27.7 Å². The van der Waals surface area contributed by atoms with Gasteiger partial charge in [0.05, 0.1) is 16.8 Å². The van der Waals surface area contributed by atoms with Crippen molar-refractivity contribution in [1.29, 1.82) is 0 Å². The molecule has 42 heavy (non-hydrogen) atoms. The fourth-order valence-electron chi connectivity index (χ4n) is 4.24. The van der Waals surface area contributed by atoms with E-state index >= 15 is 0 Å². The molecule has 2 aromatic heterocycles. The lowest BCUT2D eigenvalue weighted by Crippen LogP contribution is -2.56. The average molecular weight is 601 g/mol. The number of halogens is 6. The van der Waals surface area contributed by atoms with Crippen molar-refractivity contribution >= 4 is 23.6 Å². The zero-order valence-corrected chi connectivity index (χ0v) is 22.6. The molecule has 1 unspecified atom stereocenters. The molecule has 9 nitrogen and oxygen atoms in total. The van der Waals surface area contributed by atoms with Crippen LogP contribution in [0.4, 0.5) is 31.1 Å². The van der Waals surface area contributed by atoms with E-state index in [0.29, 0.717) is 11.1 Å². The zero-order valence-electron chi connectivity index (χ0n) is 22.6. The molecule has 1 saturated carbocycles. The Hall–Kier alpha value is -4.30. The quantitative estimate of drug-likeness (QED) is 0.204. The number of ether oxygens (including phenoxy) is 2. The second-order valence-electron chi connectivity index (χ2n) is 10.3. The van der Waals surface area contributed by atoms with Crippen molar-refractivity contribution < 1.29 is 50.2 Å². The first kappa shape index (κ1) is 30.7. The van der Waals surface area contributed by atoms with Crippen LogP contribution in [0.15, 0.2) is 24.4 Å². The van der Waals surface area contributed by atoms with Crippen LogP contribution in [0.25, 0.3) is 5.65 Å². The maximum absolute atomic E-state index is 15.0. The van der Waals surface area contributed by atoms with Gasteiger partial charge >= 0.3 is 18.2 Å². The number of fused-ring (bicyclic) bond motifs is 1. The molecule has 0 saturated heterocycles. The summed E-state index contributed by atoms with van der Waals surface area (Å²) in [6.45, 7) is 1.83. The molecule has 1 aromatic carbocycles. The number of nitrogens with zero attached hydrogens (tertiary/aromatic N) is 2. The van der Waals surface area contributed by atoms with E-state index in [1.54, 1.807) is 24.5 Å². The highest BCUT2D eigenvalue weighted by Gasteiger charge is 2.43. The minimum atomic E-state index is -5.44. The monoisotopic (exact) mass is 600 g/mol. The number of carbonyl (C=O) groups is 3. The van der Waals surface area contributed by atoms with Crippen LogP contribution in [0.3, 0.4) is 0 Å². The Bertz CT molecular complexity index is 1550. The molecule has 0 bridgehead atoms. The Kier molecular flexibility index (Phi) is 8.41. The Morgan fingerprint density at radius 3 is 2.45 bits per heavy atom. The summed E-state index contributed by atoms with van der Waals surface area (Å²) < 4.78 is 90.9. The third-order valence-corrected chi connectivity index (χ3v) is 6.57. The van der Waals surface area contributed by atoms with Crippen molar-refractivity contribution in [3.8, 4) is 5.75 Å². The molecule has 0 spiro atoms. The molecule has 2 amide bonds. The van der Waals surface area contributed by atoms with Gasteiger partial charge in [-0.05, 0) is 62.8 Å². The van der Waals surface area contributed by atoms with E-state index < -0.39 is 61.1 Å². The Morgan fingerprint density at radius 2 is 1.83 bits per heavy atom. The van der Waals surface area contributed by atoms with Crippen LogP contribution in [0.1, 0.15) is 58.6 Å². The molecule has 15 heteroatoms. The summed E-state index contributed by atoms with van der Waals surface area (Å²) in [7, 11) is 0. The van der Waals surface area contributed by atoms with Gasteiger partial charge in [-0.1, -0.05) is 6.07 Å². The van der Waals surface area contributed by atoms with Gasteiger partial charge in [0.15, 0.2) is 11.4 Å². The van der Waals surface area contributed by atoms with Crippen molar-refractivity contribution in [3.05, 3.63) is 64.1 Å². The molecule has 1 atom stereocenters. The fraction of sp³-hybridized carbons (Fsp3) is 0.407. The predicted molar refractivity (Wildman–Crippen MR) is 135 cm³/mol. The highest BCUT2D eigenvalue weighted by molar-refractivity contribution is 5.95. The maximum atomic E-state index is 15.0. The number of esters is 1. The van der Waals surface area contributed by atoms with Gasteiger partial charge in [0.1, 0.15) is 30.6 Å². The van der Waals surface area contributed by atoms with E-state index in [1.165, 1.54) is 23.5 Å². The van der Waals surface area contributed by atoms with Crippen LogP contribution in [0.5, 0.6) is 5.75 Å². The van der Waals surface area contributed by atoms with Gasteiger partial charge in [-0.3, -0.25) is 9.20 Å². The molecule has 3 aromatic rings. The van der Waals surface area contributed by atoms with E-state index in [0.717, 1.165) is 19.8 Å². The van der Waals surface area contributed by atoms with E-state index in [1.807, 2.05) is 0 Å². The number of benzene rings is 1. The number of alkyl carbamates (subject to hydrolysis) is 1. The van der Waals surface area contributed by atoms with Crippen LogP contribution < -0.4 is 15.4 Å². The number of hydrogen-bond donors (Lipinski definition) is 2. The highest BCUT2D eigenvalue weighted by atomic mass is 19.4. The predicted octanol–water partition coefficient (Wildman–Crippen LogP) is 4.96. The molecule has 0 aliphatic heterocycles. The van der Waals surface area contributed by atoms with E-state index in [2.05, 4.69) is 15.0 Å². The van der Waals surface area contributed by atoms with Crippen LogP contribution in [0.2, 0.25) is 0 Å². The van der Waals surface area contributed by atoms with Crippen LogP contribution in [0, 0.1) is 25.5 Å². The van der Waals surface area contributed by atoms with Gasteiger partial charge < -0.3 is 20.1 Å². The number of aromatic nitrogens is 2. The number of hydrogen-bond acceptors (Lipinski definition) is 6. The van der Waals surface area contributed by atoms with E-state index in [4.69, 9.17) is 4.74 Å². The van der Waals surface area contributed by atoms with Crippen molar-refractivity contribution in [2.75, 3.05) is 13.2 Å². The van der Waals surface area contributed by atoms with E-state index in [-0.39, 0.29) is 34.3 Å². The molecule has 1 aliphatic carbocycles. The summed E-state index contributed by atoms with van der Waals surface area (Å²) in [4.78, 5) is 40.0. The number of alkyl halides is 4. The Labute approximate surface area is 235 Å². The van der Waals surface area contributed by atoms with Crippen molar-refractivity contribution in [3.63, 3.8) is 0 Å². The number of nitrogens with one attached hydrogen (secondary N) is 2. The lowest BCUT2D eigenvalue weighted by atomic mass is 10.1. The van der Waals surface area contributed by atoms with Crippen LogP contribution >= 0.6 is 0 Å². The molecular formula is C27H26F6N4O5. The second kappa shape index (κ2) is 11.5. The minimum absolute atomic E-state index is 0.0253. The third-order valence-electron chi connectivity index (χ3n) is 6.57. The fourth-order valence-corrected chi connectivity index (χ4v) is 4.24. The molecule has 1 fully saturated rings. The van der Waals surface area contributed by atoms with Crippen LogP contribution in [-0.4, -0.2) is 52.3 Å². The lowest BCUT2D eigenvalue weighted by molar-refractivity contribution is -0.193. The van der Waals surface area contributed by atoms with Crippen LogP contribution in [-0.2, 0) is 16.1 Å². The average Bonchev–Trinajstić information content (AvgIpc) is 3.68. The topological polar surface area (TPSA) is 111 Å². The largest absolute Gasteiger partial charge is 0.491 e. The van der Waals surface area contributed by atoms with Gasteiger partial charge in [0, 0.05) is 12.7 Å². The number of rotatable bonds is 9. The Morgan fingerprint density at radius 1 is 1.14 bits per heavy atom. The number of pyridine rings is 1. The number of amides is 2. The minimum Gasteiger partial charge on any atom is -0.485 e. The first-order valence-corrected chi connectivity index (χ1v) is 12.7. The summed E-state index contributed by atoms with van der Waals surface area (Å²) in [6, 6.07) is 4.19. The van der Waals surface area contributed by atoms with E-state index in [9.17, 15) is 40.7 Å². The van der Waals surface area contributed by atoms with Crippen molar-refractivity contribution in [2.45, 2.75) is 57.9 Å². The molecule has 1 aliphatic rings. The normalized spacial score (nSPS) is 14.8. The van der Waals surface area contributed by atoms with Gasteiger partial charge in [0.2, 0.25) is 0 Å². The molecule has 2 heterocycles. The summed E-state index contributed by atoms with van der Waals surface area (Å²) >= 11 is 0. The second-order valence-corrected chi connectivity index (χ2v) is 10.3.